The van der Waals surface area contributed by atoms with Gasteiger partial charge in [-0.15, -0.1) is 0 Å². The van der Waals surface area contributed by atoms with Crippen LogP contribution in [0.3, 0.4) is 0 Å². The Morgan fingerprint density at radius 1 is 1.64 bits per heavy atom. The third-order valence-corrected chi connectivity index (χ3v) is 1.48. The van der Waals surface area contributed by atoms with Crippen LogP contribution in [0.15, 0.2) is 0 Å². The molecule has 0 bridgehead atoms. The van der Waals surface area contributed by atoms with Gasteiger partial charge in [0.05, 0.1) is 6.54 Å². The first-order valence-electron chi connectivity index (χ1n) is 3.62. The maximum Gasteiger partial charge on any atom is 0.231 e. The first kappa shape index (κ1) is 10.4. The van der Waals surface area contributed by atoms with Gasteiger partial charge in [-0.2, -0.15) is 0 Å². The van der Waals surface area contributed by atoms with Gasteiger partial charge in [-0.1, -0.05) is 0 Å². The lowest BCUT2D eigenvalue weighted by Gasteiger charge is -2.24. The van der Waals surface area contributed by atoms with Gasteiger partial charge in [-0.05, 0) is 20.3 Å². The average Bonchev–Trinajstić information content (AvgIpc) is 1.84. The molecule has 0 aromatic rings. The summed E-state index contributed by atoms with van der Waals surface area (Å²) in [6, 6.07) is 0. The molecule has 0 atom stereocenters. The normalized spacial score (nSPS) is 11.5. The van der Waals surface area contributed by atoms with Crippen LogP contribution in [0.25, 0.3) is 0 Å². The molecule has 0 unspecified atom stereocenters. The van der Waals surface area contributed by atoms with E-state index >= 15 is 0 Å². The van der Waals surface area contributed by atoms with Crippen LogP contribution in [0.2, 0.25) is 0 Å². The summed E-state index contributed by atoms with van der Waals surface area (Å²) >= 11 is 0. The highest BCUT2D eigenvalue weighted by atomic mass is 16.3. The second-order valence-electron chi connectivity index (χ2n) is 3.18. The molecule has 0 aliphatic rings. The number of hydrogen-bond acceptors (Lipinski definition) is 3. The molecule has 4 nitrogen and oxygen atoms in total. The van der Waals surface area contributed by atoms with Crippen LogP contribution in [0, 0.1) is 0 Å². The minimum absolute atomic E-state index is 0.110. The number of rotatable bonds is 5. The third kappa shape index (κ3) is 5.82. The van der Waals surface area contributed by atoms with Crippen LogP contribution in [-0.2, 0) is 4.79 Å². The zero-order chi connectivity index (χ0) is 8.91. The summed E-state index contributed by atoms with van der Waals surface area (Å²) in [5, 5.41) is 11.5. The van der Waals surface area contributed by atoms with Crippen LogP contribution in [0.4, 0.5) is 0 Å². The predicted octanol–water partition coefficient (Wildman–Crippen LogP) is -0.778. The van der Waals surface area contributed by atoms with E-state index in [1.54, 1.807) is 0 Å². The van der Waals surface area contributed by atoms with Gasteiger partial charge in [0.1, 0.15) is 0 Å². The molecule has 0 aromatic heterocycles. The van der Waals surface area contributed by atoms with Gasteiger partial charge in [0.2, 0.25) is 5.91 Å². The molecule has 4 N–H and O–H groups in total. The monoisotopic (exact) mass is 160 g/mol. The van der Waals surface area contributed by atoms with E-state index in [0.29, 0.717) is 6.42 Å². The summed E-state index contributed by atoms with van der Waals surface area (Å²) in [6.07, 6.45) is 0.611. The van der Waals surface area contributed by atoms with Gasteiger partial charge in [-0.3, -0.25) is 4.79 Å². The molecule has 66 valence electrons. The van der Waals surface area contributed by atoms with Gasteiger partial charge in [-0.25, -0.2) is 0 Å². The van der Waals surface area contributed by atoms with E-state index in [4.69, 9.17) is 10.8 Å². The Labute approximate surface area is 66.8 Å². The Bertz CT molecular complexity index is 134. The summed E-state index contributed by atoms with van der Waals surface area (Å²) in [6.45, 7) is 4.09. The predicted molar refractivity (Wildman–Crippen MR) is 43.0 cm³/mol. The minimum Gasteiger partial charge on any atom is -0.396 e. The van der Waals surface area contributed by atoms with Crippen molar-refractivity contribution in [2.75, 3.05) is 13.2 Å². The number of nitrogens with two attached hydrogens (primary N) is 1. The van der Waals surface area contributed by atoms with Gasteiger partial charge in [0, 0.05) is 12.1 Å². The van der Waals surface area contributed by atoms with Crippen molar-refractivity contribution in [2.24, 2.45) is 5.73 Å². The van der Waals surface area contributed by atoms with Gasteiger partial charge in [0.25, 0.3) is 0 Å². The number of primary amides is 1. The van der Waals surface area contributed by atoms with Crippen molar-refractivity contribution in [3.63, 3.8) is 0 Å². The SMILES string of the molecule is CC(C)(CCO)NCC(N)=O. The Balaban J connectivity index is 3.63. The molecular weight excluding hydrogens is 144 g/mol. The van der Waals surface area contributed by atoms with E-state index in [1.807, 2.05) is 13.8 Å². The second kappa shape index (κ2) is 4.31. The highest BCUT2D eigenvalue weighted by Gasteiger charge is 2.16. The van der Waals surface area contributed by atoms with E-state index in [1.165, 1.54) is 0 Å². The molecule has 0 radical (unpaired) electrons. The van der Waals surface area contributed by atoms with Crippen LogP contribution in [-0.4, -0.2) is 29.7 Å². The molecule has 0 rings (SSSR count). The molecule has 0 fully saturated rings. The number of aliphatic hydroxyl groups is 1. The summed E-state index contributed by atoms with van der Waals surface area (Å²) in [5.74, 6) is -0.379. The van der Waals surface area contributed by atoms with Gasteiger partial charge < -0.3 is 16.2 Å². The highest BCUT2D eigenvalue weighted by Crippen LogP contribution is 2.05. The standard InChI is InChI=1S/C7H16N2O2/c1-7(2,3-4-10)9-5-6(8)11/h9-10H,3-5H2,1-2H3,(H2,8,11). The smallest absolute Gasteiger partial charge is 0.231 e. The summed E-state index contributed by atoms with van der Waals surface area (Å²) < 4.78 is 0. The van der Waals surface area contributed by atoms with E-state index in [0.717, 1.165) is 0 Å². The fraction of sp³-hybridized carbons (Fsp3) is 0.857. The maximum absolute atomic E-state index is 10.3. The highest BCUT2D eigenvalue weighted by molar-refractivity contribution is 5.75. The second-order valence-corrected chi connectivity index (χ2v) is 3.18. The Morgan fingerprint density at radius 2 is 2.18 bits per heavy atom. The first-order valence-corrected chi connectivity index (χ1v) is 3.62. The van der Waals surface area contributed by atoms with E-state index in [2.05, 4.69) is 5.32 Å². The van der Waals surface area contributed by atoms with E-state index in [9.17, 15) is 4.79 Å². The summed E-state index contributed by atoms with van der Waals surface area (Å²) in [4.78, 5) is 10.3. The fourth-order valence-corrected chi connectivity index (χ4v) is 0.694. The van der Waals surface area contributed by atoms with Crippen molar-refractivity contribution in [2.45, 2.75) is 25.8 Å². The molecule has 11 heavy (non-hydrogen) atoms. The van der Waals surface area contributed by atoms with Crippen LogP contribution < -0.4 is 11.1 Å². The van der Waals surface area contributed by atoms with Gasteiger partial charge >= 0.3 is 0 Å². The molecule has 1 amide bonds. The number of nitrogens with one attached hydrogen (secondary N) is 1. The van der Waals surface area contributed by atoms with E-state index < -0.39 is 0 Å². The molecule has 0 spiro atoms. The maximum atomic E-state index is 10.3. The first-order chi connectivity index (χ1) is 4.98. The largest absolute Gasteiger partial charge is 0.396 e. The molecule has 0 saturated heterocycles. The van der Waals surface area contributed by atoms with Gasteiger partial charge in [0.15, 0.2) is 0 Å². The Kier molecular flexibility index (Phi) is 4.07. The fourth-order valence-electron chi connectivity index (χ4n) is 0.694. The number of carbonyl (C=O) groups is 1. The molecule has 0 aromatic carbocycles. The zero-order valence-electron chi connectivity index (χ0n) is 7.05. The quantitative estimate of drug-likeness (QED) is 0.494. The minimum atomic E-state index is -0.379. The summed E-state index contributed by atoms with van der Waals surface area (Å²) in [7, 11) is 0. The lowest BCUT2D eigenvalue weighted by atomic mass is 10.0. The molecule has 0 saturated carbocycles. The molecule has 4 heteroatoms. The van der Waals surface area contributed by atoms with Crippen molar-refractivity contribution in [1.29, 1.82) is 0 Å². The Morgan fingerprint density at radius 3 is 2.55 bits per heavy atom. The van der Waals surface area contributed by atoms with Crippen molar-refractivity contribution in [3.8, 4) is 0 Å². The lowest BCUT2D eigenvalue weighted by Crippen LogP contribution is -2.44. The third-order valence-electron chi connectivity index (χ3n) is 1.48. The average molecular weight is 160 g/mol. The van der Waals surface area contributed by atoms with Crippen molar-refractivity contribution in [3.05, 3.63) is 0 Å². The van der Waals surface area contributed by atoms with Crippen molar-refractivity contribution >= 4 is 5.91 Å². The Hall–Kier alpha value is -0.610. The molecule has 0 aliphatic heterocycles. The van der Waals surface area contributed by atoms with Crippen LogP contribution >= 0.6 is 0 Å². The topological polar surface area (TPSA) is 75.3 Å². The van der Waals surface area contributed by atoms with Crippen molar-refractivity contribution in [1.82, 2.24) is 5.32 Å². The van der Waals surface area contributed by atoms with E-state index in [-0.39, 0.29) is 24.6 Å². The molecule has 0 aliphatic carbocycles. The lowest BCUT2D eigenvalue weighted by molar-refractivity contribution is -0.117. The number of carbonyl (C=O) groups excluding carboxylic acids is 1. The number of aliphatic hydroxyl groups excluding tert-OH is 1. The summed E-state index contributed by atoms with van der Waals surface area (Å²) in [5.41, 5.74) is 4.71. The zero-order valence-corrected chi connectivity index (χ0v) is 7.05. The molecule has 0 heterocycles. The van der Waals surface area contributed by atoms with Crippen molar-refractivity contribution < 1.29 is 9.90 Å². The number of hydrogen-bond donors (Lipinski definition) is 3. The van der Waals surface area contributed by atoms with Crippen LogP contribution in [0.5, 0.6) is 0 Å². The van der Waals surface area contributed by atoms with Crippen LogP contribution in [0.1, 0.15) is 20.3 Å². The number of amides is 1. The molecular formula is C7H16N2O2.